The van der Waals surface area contributed by atoms with E-state index < -0.39 is 6.09 Å². The van der Waals surface area contributed by atoms with E-state index in [0.717, 1.165) is 29.7 Å². The van der Waals surface area contributed by atoms with Crippen molar-refractivity contribution in [1.29, 1.82) is 0 Å². The Morgan fingerprint density at radius 1 is 1.02 bits per heavy atom. The molecule has 218 valence electrons. The summed E-state index contributed by atoms with van der Waals surface area (Å²) in [6, 6.07) is 17.7. The Morgan fingerprint density at radius 3 is 2.44 bits per heavy atom. The lowest BCUT2D eigenvalue weighted by atomic mass is 10.0. The van der Waals surface area contributed by atoms with Crippen LogP contribution in [0.5, 0.6) is 11.5 Å². The van der Waals surface area contributed by atoms with Crippen LogP contribution in [-0.4, -0.2) is 24.7 Å². The predicted molar refractivity (Wildman–Crippen MR) is 158 cm³/mol. The summed E-state index contributed by atoms with van der Waals surface area (Å²) in [7, 11) is 1.52. The first-order valence-corrected chi connectivity index (χ1v) is 14.0. The van der Waals surface area contributed by atoms with Gasteiger partial charge in [-0.3, -0.25) is 4.79 Å². The Morgan fingerprint density at radius 2 is 1.76 bits per heavy atom. The van der Waals surface area contributed by atoms with Crippen molar-refractivity contribution in [2.24, 2.45) is 17.3 Å². The second-order valence-electron chi connectivity index (χ2n) is 12.2. The second-order valence-corrected chi connectivity index (χ2v) is 12.2. The molecule has 3 aromatic rings. The number of allylic oxidation sites excluding steroid dienone is 2. The number of para-hydroxylation sites is 1. The van der Waals surface area contributed by atoms with Gasteiger partial charge in [0.15, 0.2) is 11.5 Å². The average molecular weight is 560 g/mol. The van der Waals surface area contributed by atoms with Gasteiger partial charge in [0.25, 0.3) is 0 Å². The van der Waals surface area contributed by atoms with Gasteiger partial charge in [0, 0.05) is 31.0 Å². The Balaban J connectivity index is 0.000000208. The Labute approximate surface area is 242 Å². The minimum atomic E-state index is -0.485. The molecular formula is C34H41NO6. The number of nitrogens with one attached hydrogen (secondary N) is 1. The molecule has 0 saturated heterocycles. The highest BCUT2D eigenvalue weighted by atomic mass is 16.6. The summed E-state index contributed by atoms with van der Waals surface area (Å²) in [5.41, 5.74) is 4.18. The number of fused-ring (bicyclic) bond motifs is 1. The van der Waals surface area contributed by atoms with Gasteiger partial charge in [-0.1, -0.05) is 68.0 Å². The summed E-state index contributed by atoms with van der Waals surface area (Å²) < 4.78 is 22.0. The van der Waals surface area contributed by atoms with E-state index in [4.69, 9.17) is 18.6 Å². The molecule has 2 aromatic carbocycles. The van der Waals surface area contributed by atoms with Gasteiger partial charge >= 0.3 is 12.1 Å². The van der Waals surface area contributed by atoms with Gasteiger partial charge in [-0.25, -0.2) is 4.79 Å². The molecule has 1 saturated carbocycles. The van der Waals surface area contributed by atoms with Gasteiger partial charge in [0.05, 0.1) is 12.2 Å². The van der Waals surface area contributed by atoms with E-state index in [1.165, 1.54) is 18.2 Å². The van der Waals surface area contributed by atoms with Crippen molar-refractivity contribution >= 4 is 12.1 Å². The molecule has 1 aromatic heterocycles. The molecule has 2 atom stereocenters. The van der Waals surface area contributed by atoms with Crippen LogP contribution in [0.4, 0.5) is 4.79 Å². The number of carbonyl (C=O) groups excluding carboxylic acids is 2. The van der Waals surface area contributed by atoms with Crippen LogP contribution in [0.1, 0.15) is 64.0 Å². The molecular weight excluding hydrogens is 518 g/mol. The number of furan rings is 1. The van der Waals surface area contributed by atoms with E-state index in [9.17, 15) is 9.59 Å². The largest absolute Gasteiger partial charge is 0.483 e. The molecule has 7 heteroatoms. The topological polar surface area (TPSA) is 87.0 Å². The van der Waals surface area contributed by atoms with Crippen molar-refractivity contribution in [2.75, 3.05) is 7.05 Å². The summed E-state index contributed by atoms with van der Waals surface area (Å²) in [6.07, 6.45) is 4.95. The molecule has 0 spiro atoms. The number of esters is 1. The van der Waals surface area contributed by atoms with Crippen LogP contribution in [-0.2, 0) is 29.0 Å². The van der Waals surface area contributed by atoms with Gasteiger partial charge < -0.3 is 23.9 Å². The number of amides is 1. The zero-order valence-corrected chi connectivity index (χ0v) is 25.1. The van der Waals surface area contributed by atoms with E-state index in [1.807, 2.05) is 50.2 Å². The molecule has 0 bridgehead atoms. The van der Waals surface area contributed by atoms with E-state index in [2.05, 4.69) is 51.2 Å². The van der Waals surface area contributed by atoms with Crippen LogP contribution in [0.3, 0.4) is 0 Å². The third-order valence-corrected chi connectivity index (χ3v) is 7.45. The van der Waals surface area contributed by atoms with E-state index in [-0.39, 0.29) is 35.4 Å². The van der Waals surface area contributed by atoms with Crippen LogP contribution in [0.2, 0.25) is 0 Å². The zero-order valence-electron chi connectivity index (χ0n) is 25.1. The molecule has 1 fully saturated rings. The molecule has 1 amide bonds. The zero-order chi connectivity index (χ0) is 29.8. The molecule has 1 N–H and O–H groups in total. The quantitative estimate of drug-likeness (QED) is 0.242. The Hall–Kier alpha value is -4.00. The smallest absolute Gasteiger partial charge is 0.412 e. The maximum atomic E-state index is 12.4. The fourth-order valence-electron chi connectivity index (χ4n) is 5.25. The van der Waals surface area contributed by atoms with Gasteiger partial charge in [-0.15, -0.1) is 0 Å². The summed E-state index contributed by atoms with van der Waals surface area (Å²) >= 11 is 0. The number of benzene rings is 2. The molecule has 5 rings (SSSR count). The van der Waals surface area contributed by atoms with Crippen LogP contribution in [0, 0.1) is 17.3 Å². The van der Waals surface area contributed by atoms with Crippen LogP contribution >= 0.6 is 0 Å². The minimum absolute atomic E-state index is 0.0107. The van der Waals surface area contributed by atoms with Crippen molar-refractivity contribution in [2.45, 2.75) is 66.6 Å². The maximum absolute atomic E-state index is 12.4. The van der Waals surface area contributed by atoms with Crippen LogP contribution in [0.25, 0.3) is 0 Å². The van der Waals surface area contributed by atoms with Gasteiger partial charge in [-0.2, -0.15) is 0 Å². The third kappa shape index (κ3) is 7.60. The highest BCUT2D eigenvalue weighted by molar-refractivity contribution is 5.78. The van der Waals surface area contributed by atoms with E-state index in [1.54, 1.807) is 12.3 Å². The molecule has 7 nitrogen and oxygen atoms in total. The molecule has 2 aliphatic rings. The first-order chi connectivity index (χ1) is 19.4. The molecule has 0 radical (unpaired) electrons. The molecule has 1 aliphatic heterocycles. The maximum Gasteiger partial charge on any atom is 0.412 e. The lowest BCUT2D eigenvalue weighted by molar-refractivity contribution is -0.147. The number of hydrogen-bond donors (Lipinski definition) is 1. The Kier molecular flexibility index (Phi) is 8.95. The fourth-order valence-corrected chi connectivity index (χ4v) is 5.25. The molecule has 1 aliphatic carbocycles. The summed E-state index contributed by atoms with van der Waals surface area (Å²) in [5, 5.41) is 2.41. The normalized spacial score (nSPS) is 19.0. The van der Waals surface area contributed by atoms with Crippen molar-refractivity contribution in [3.8, 4) is 11.5 Å². The first kappa shape index (κ1) is 30.0. The van der Waals surface area contributed by atoms with Crippen molar-refractivity contribution < 1.29 is 28.2 Å². The van der Waals surface area contributed by atoms with Crippen LogP contribution in [0.15, 0.2) is 76.9 Å². The molecule has 2 heterocycles. The highest BCUT2D eigenvalue weighted by Crippen LogP contribution is 2.59. The number of carbonyl (C=O) groups is 2. The van der Waals surface area contributed by atoms with Gasteiger partial charge in [-0.05, 0) is 56.7 Å². The van der Waals surface area contributed by atoms with Gasteiger partial charge in [0.1, 0.15) is 18.0 Å². The minimum Gasteiger partial charge on any atom is -0.483 e. The SMILES string of the molecule is CC(C)=C[C@@H]1[C@@H](C(=O)OCc2coc(Cc3ccccc3)c2)C1(C)C.CNC(=O)Oc1cccc2c1OC(C)(C)C2. The van der Waals surface area contributed by atoms with Crippen molar-refractivity contribution in [3.63, 3.8) is 0 Å². The Bertz CT molecular complexity index is 1400. The number of ether oxygens (including phenoxy) is 3. The van der Waals surface area contributed by atoms with Crippen molar-refractivity contribution in [3.05, 3.63) is 95.0 Å². The lowest BCUT2D eigenvalue weighted by Crippen LogP contribution is -2.25. The lowest BCUT2D eigenvalue weighted by Gasteiger charge is -2.17. The second kappa shape index (κ2) is 12.2. The third-order valence-electron chi connectivity index (χ3n) is 7.45. The van der Waals surface area contributed by atoms with E-state index in [0.29, 0.717) is 11.5 Å². The summed E-state index contributed by atoms with van der Waals surface area (Å²) in [5.74, 6) is 2.16. The number of hydrogen-bond acceptors (Lipinski definition) is 6. The fraction of sp³-hybridized carbons (Fsp3) is 0.412. The highest BCUT2D eigenvalue weighted by Gasteiger charge is 2.61. The monoisotopic (exact) mass is 559 g/mol. The van der Waals surface area contributed by atoms with Crippen molar-refractivity contribution in [1.82, 2.24) is 5.32 Å². The predicted octanol–water partition coefficient (Wildman–Crippen LogP) is 7.27. The molecule has 0 unspecified atom stereocenters. The summed E-state index contributed by atoms with van der Waals surface area (Å²) in [6.45, 7) is 12.7. The van der Waals surface area contributed by atoms with E-state index >= 15 is 0 Å². The standard InChI is InChI=1S/C22H26O3.C12H15NO3/c1-15(2)10-19-20(22(19,3)4)21(23)25-14-17-12-18(24-13-17)11-16-8-6-5-7-9-16;1-12(2)7-8-5-4-6-9(10(8)16-12)15-11(14)13-3/h5-10,12-13,19-20H,11,14H2,1-4H3;4-6H,7H2,1-3H3,(H,13,14)/t19-,20+;/m1./s1. The van der Waals surface area contributed by atoms with Gasteiger partial charge in [0.2, 0.25) is 0 Å². The average Bonchev–Trinajstić information content (AvgIpc) is 3.20. The number of rotatable bonds is 7. The first-order valence-electron chi connectivity index (χ1n) is 14.0. The summed E-state index contributed by atoms with van der Waals surface area (Å²) in [4.78, 5) is 23.6. The van der Waals surface area contributed by atoms with Crippen LogP contribution < -0.4 is 14.8 Å². The molecule has 41 heavy (non-hydrogen) atoms.